The van der Waals surface area contributed by atoms with Crippen molar-refractivity contribution in [1.82, 2.24) is 4.98 Å². The number of aromatic nitrogens is 1. The first-order chi connectivity index (χ1) is 16.2. The first-order valence-electron chi connectivity index (χ1n) is 9.68. The fraction of sp³-hybridized carbons (Fsp3) is 0. The first-order valence-corrected chi connectivity index (χ1v) is 9.68. The van der Waals surface area contributed by atoms with Gasteiger partial charge in [-0.3, -0.25) is 19.2 Å². The fourth-order valence-electron chi connectivity index (χ4n) is 3.83. The Morgan fingerprint density at radius 1 is 0.588 bits per heavy atom. The second-order valence-electron chi connectivity index (χ2n) is 7.38. The lowest BCUT2D eigenvalue weighted by atomic mass is 10.1. The first kappa shape index (κ1) is 20.7. The highest BCUT2D eigenvalue weighted by atomic mass is 16.4. The lowest BCUT2D eigenvalue weighted by Gasteiger charge is -2.17. The maximum atomic E-state index is 12.9. The van der Waals surface area contributed by atoms with Crippen molar-refractivity contribution in [2.75, 3.05) is 9.80 Å². The number of benzene rings is 2. The average Bonchev–Trinajstić information content (AvgIpc) is 3.22. The van der Waals surface area contributed by atoms with E-state index in [-0.39, 0.29) is 45.0 Å². The number of hydrogen-bond acceptors (Lipinski definition) is 7. The highest BCUT2D eigenvalue weighted by molar-refractivity contribution is 6.36. The number of pyridine rings is 1. The van der Waals surface area contributed by atoms with Crippen LogP contribution < -0.4 is 9.80 Å². The van der Waals surface area contributed by atoms with Gasteiger partial charge in [-0.1, -0.05) is 6.07 Å². The molecular formula is C23H11N3O8. The predicted octanol–water partition coefficient (Wildman–Crippen LogP) is 2.08. The van der Waals surface area contributed by atoms with Gasteiger partial charge in [0.05, 0.1) is 33.4 Å². The molecule has 11 heteroatoms. The summed E-state index contributed by atoms with van der Waals surface area (Å²) in [5.41, 5.74) is -0.586. The standard InChI is InChI=1S/C23H11N3O8/c27-18-12-6-4-10(22(31)32)8-14(12)20(29)25(18)16-2-1-3-17(24-16)26-19(28)13-7-5-11(23(33)34)9-15(13)21(26)30/h1-9H,(H,31,32)(H,33,34). The number of amides is 4. The minimum absolute atomic E-state index is 0.0101. The van der Waals surface area contributed by atoms with Gasteiger partial charge in [-0.15, -0.1) is 0 Å². The molecule has 5 rings (SSSR count). The van der Waals surface area contributed by atoms with E-state index in [0.717, 1.165) is 21.9 Å². The van der Waals surface area contributed by atoms with Gasteiger partial charge in [0.15, 0.2) is 0 Å². The molecule has 0 radical (unpaired) electrons. The molecule has 2 N–H and O–H groups in total. The van der Waals surface area contributed by atoms with E-state index < -0.39 is 35.6 Å². The Kier molecular flexibility index (Phi) is 4.36. The minimum atomic E-state index is -1.27. The van der Waals surface area contributed by atoms with E-state index in [1.54, 1.807) is 0 Å². The Labute approximate surface area is 189 Å². The van der Waals surface area contributed by atoms with Gasteiger partial charge in [0.2, 0.25) is 0 Å². The Bertz CT molecular complexity index is 1400. The van der Waals surface area contributed by atoms with E-state index in [1.807, 2.05) is 0 Å². The molecule has 3 aromatic rings. The van der Waals surface area contributed by atoms with Crippen LogP contribution in [-0.4, -0.2) is 50.8 Å². The van der Waals surface area contributed by atoms with Crippen LogP contribution in [0.15, 0.2) is 54.6 Å². The van der Waals surface area contributed by atoms with Crippen LogP contribution in [0, 0.1) is 0 Å². The molecule has 2 aromatic carbocycles. The monoisotopic (exact) mass is 457 g/mol. The second kappa shape index (κ2) is 7.17. The molecule has 1 aromatic heterocycles. The molecule has 0 aliphatic carbocycles. The molecule has 11 nitrogen and oxygen atoms in total. The van der Waals surface area contributed by atoms with Crippen LogP contribution >= 0.6 is 0 Å². The van der Waals surface area contributed by atoms with E-state index >= 15 is 0 Å². The summed E-state index contributed by atoms with van der Waals surface area (Å²) in [6.45, 7) is 0. The van der Waals surface area contributed by atoms with E-state index in [4.69, 9.17) is 10.2 Å². The maximum absolute atomic E-state index is 12.9. The second-order valence-corrected chi connectivity index (χ2v) is 7.38. The number of nitrogens with zero attached hydrogens (tertiary/aromatic N) is 3. The van der Waals surface area contributed by atoms with Crippen LogP contribution in [0.5, 0.6) is 0 Å². The van der Waals surface area contributed by atoms with E-state index in [0.29, 0.717) is 0 Å². The number of carbonyl (C=O) groups excluding carboxylic acids is 4. The molecule has 0 fully saturated rings. The third-order valence-corrected chi connectivity index (χ3v) is 5.44. The molecule has 3 heterocycles. The van der Waals surface area contributed by atoms with Crippen LogP contribution in [0.25, 0.3) is 0 Å². The molecule has 0 bridgehead atoms. The molecule has 166 valence electrons. The number of rotatable bonds is 4. The molecule has 0 saturated heterocycles. The van der Waals surface area contributed by atoms with Gasteiger partial charge in [0, 0.05) is 0 Å². The third kappa shape index (κ3) is 2.88. The number of anilines is 2. The van der Waals surface area contributed by atoms with Gasteiger partial charge < -0.3 is 10.2 Å². The van der Waals surface area contributed by atoms with Gasteiger partial charge in [0.1, 0.15) is 11.6 Å². The lowest BCUT2D eigenvalue weighted by Crippen LogP contribution is -2.33. The molecule has 4 amide bonds. The SMILES string of the molecule is O=C(O)c1ccc2c(c1)C(=O)N(c1cccc(N3C(=O)c4ccc(C(=O)O)cc4C3=O)n1)C2=O. The van der Waals surface area contributed by atoms with Crippen LogP contribution in [-0.2, 0) is 0 Å². The van der Waals surface area contributed by atoms with Crippen molar-refractivity contribution in [2.24, 2.45) is 0 Å². The molecule has 2 aliphatic rings. The summed E-state index contributed by atoms with van der Waals surface area (Å²) in [4.78, 5) is 79.5. The Balaban J connectivity index is 1.52. The third-order valence-electron chi connectivity index (χ3n) is 5.44. The zero-order valence-corrected chi connectivity index (χ0v) is 16.9. The van der Waals surface area contributed by atoms with Crippen molar-refractivity contribution >= 4 is 47.2 Å². The zero-order chi connectivity index (χ0) is 24.3. The number of imide groups is 2. The Morgan fingerprint density at radius 3 is 1.35 bits per heavy atom. The van der Waals surface area contributed by atoms with E-state index in [2.05, 4.69) is 4.98 Å². The maximum Gasteiger partial charge on any atom is 0.335 e. The Hall–Kier alpha value is -5.19. The van der Waals surface area contributed by atoms with Crippen LogP contribution in [0.4, 0.5) is 11.6 Å². The van der Waals surface area contributed by atoms with Crippen molar-refractivity contribution in [2.45, 2.75) is 0 Å². The van der Waals surface area contributed by atoms with Crippen molar-refractivity contribution in [3.05, 3.63) is 88.0 Å². The number of hydrogen-bond donors (Lipinski definition) is 2. The molecule has 2 aliphatic heterocycles. The highest BCUT2D eigenvalue weighted by Crippen LogP contribution is 2.32. The predicted molar refractivity (Wildman–Crippen MR) is 113 cm³/mol. The number of aromatic carboxylic acids is 2. The average molecular weight is 457 g/mol. The largest absolute Gasteiger partial charge is 0.478 e. The minimum Gasteiger partial charge on any atom is -0.478 e. The van der Waals surface area contributed by atoms with Crippen LogP contribution in [0.3, 0.4) is 0 Å². The van der Waals surface area contributed by atoms with E-state index in [9.17, 15) is 28.8 Å². The van der Waals surface area contributed by atoms with Crippen LogP contribution in [0.1, 0.15) is 62.1 Å². The molecule has 0 unspecified atom stereocenters. The van der Waals surface area contributed by atoms with Gasteiger partial charge in [-0.2, -0.15) is 0 Å². The summed E-state index contributed by atoms with van der Waals surface area (Å²) in [7, 11) is 0. The van der Waals surface area contributed by atoms with Gasteiger partial charge >= 0.3 is 11.9 Å². The quantitative estimate of drug-likeness (QED) is 0.559. The Morgan fingerprint density at radius 2 is 0.971 bits per heavy atom. The van der Waals surface area contributed by atoms with Crippen molar-refractivity contribution in [3.63, 3.8) is 0 Å². The van der Waals surface area contributed by atoms with E-state index in [1.165, 1.54) is 42.5 Å². The summed E-state index contributed by atoms with van der Waals surface area (Å²) >= 11 is 0. The smallest absolute Gasteiger partial charge is 0.335 e. The number of carboxylic acid groups (broad SMARTS) is 2. The number of carbonyl (C=O) groups is 6. The lowest BCUT2D eigenvalue weighted by molar-refractivity contribution is 0.0686. The topological polar surface area (TPSA) is 162 Å². The van der Waals surface area contributed by atoms with Gasteiger partial charge in [-0.25, -0.2) is 24.4 Å². The summed E-state index contributed by atoms with van der Waals surface area (Å²) in [5.74, 6) is -5.98. The molecule has 0 saturated carbocycles. The number of fused-ring (bicyclic) bond motifs is 2. The summed E-state index contributed by atoms with van der Waals surface area (Å²) in [5, 5.41) is 18.3. The van der Waals surface area contributed by atoms with Crippen molar-refractivity contribution < 1.29 is 39.0 Å². The van der Waals surface area contributed by atoms with Crippen LogP contribution in [0.2, 0.25) is 0 Å². The van der Waals surface area contributed by atoms with Crippen molar-refractivity contribution in [1.29, 1.82) is 0 Å². The van der Waals surface area contributed by atoms with Gasteiger partial charge in [0.25, 0.3) is 23.6 Å². The summed E-state index contributed by atoms with van der Waals surface area (Å²) < 4.78 is 0. The number of carboxylic acids is 2. The zero-order valence-electron chi connectivity index (χ0n) is 16.9. The summed E-state index contributed by atoms with van der Waals surface area (Å²) in [6, 6.07) is 11.1. The van der Waals surface area contributed by atoms with Crippen molar-refractivity contribution in [3.8, 4) is 0 Å². The molecule has 0 spiro atoms. The normalized spacial score (nSPS) is 14.5. The molecular weight excluding hydrogens is 446 g/mol. The highest BCUT2D eigenvalue weighted by Gasteiger charge is 2.40. The molecule has 0 atom stereocenters. The fourth-order valence-corrected chi connectivity index (χ4v) is 3.83. The summed E-state index contributed by atoms with van der Waals surface area (Å²) in [6.07, 6.45) is 0. The molecule has 34 heavy (non-hydrogen) atoms. The van der Waals surface area contributed by atoms with Gasteiger partial charge in [-0.05, 0) is 48.5 Å².